The molecule has 12 heteroatoms. The van der Waals surface area contributed by atoms with Gasteiger partial charge in [-0.05, 0) is 24.3 Å². The zero-order chi connectivity index (χ0) is 22.4. The van der Waals surface area contributed by atoms with Crippen molar-refractivity contribution in [2.75, 3.05) is 5.73 Å². The number of nitro benzene ring substituents is 1. The second-order valence-electron chi connectivity index (χ2n) is 6.88. The van der Waals surface area contributed by atoms with Gasteiger partial charge in [-0.2, -0.15) is 0 Å². The summed E-state index contributed by atoms with van der Waals surface area (Å²) in [6.07, 6.45) is 2.78. The molecule has 2 N–H and O–H groups in total. The third kappa shape index (κ3) is 3.01. The molecule has 0 aliphatic carbocycles. The molecule has 3 aromatic heterocycles. The fraction of sp³-hybridized carbons (Fsp3) is 0.0500. The molecule has 32 heavy (non-hydrogen) atoms. The number of nitrogen functional groups attached to an aromatic ring is 1. The van der Waals surface area contributed by atoms with Gasteiger partial charge < -0.3 is 10.3 Å². The highest BCUT2D eigenvalue weighted by atomic mass is 19.1. The summed E-state index contributed by atoms with van der Waals surface area (Å²) in [7, 11) is 0. The van der Waals surface area contributed by atoms with Crippen LogP contribution in [0.2, 0.25) is 0 Å². The summed E-state index contributed by atoms with van der Waals surface area (Å²) >= 11 is 0. The number of hydrogen-bond donors (Lipinski definition) is 1. The van der Waals surface area contributed by atoms with E-state index in [4.69, 9.17) is 5.73 Å². The molecule has 0 saturated carbocycles. The molecule has 5 aromatic rings. The van der Waals surface area contributed by atoms with Crippen molar-refractivity contribution >= 4 is 33.6 Å². The molecule has 0 unspecified atom stereocenters. The molecule has 0 atom stereocenters. The number of benzene rings is 2. The fourth-order valence-corrected chi connectivity index (χ4v) is 3.50. The van der Waals surface area contributed by atoms with E-state index in [9.17, 15) is 19.3 Å². The summed E-state index contributed by atoms with van der Waals surface area (Å²) in [6.45, 7) is 0.0473. The van der Waals surface area contributed by atoms with Crippen molar-refractivity contribution < 1.29 is 9.31 Å². The lowest BCUT2D eigenvalue weighted by atomic mass is 10.2. The van der Waals surface area contributed by atoms with Gasteiger partial charge in [0.1, 0.15) is 28.9 Å². The molecule has 0 bridgehead atoms. The Bertz CT molecular complexity index is 1580. The Kier molecular flexibility index (Phi) is 4.32. The maximum absolute atomic E-state index is 14.5. The van der Waals surface area contributed by atoms with Crippen LogP contribution in [0.4, 0.5) is 15.9 Å². The van der Waals surface area contributed by atoms with E-state index in [2.05, 4.69) is 19.9 Å². The number of nitrogens with zero attached hydrogens (tertiary/aromatic N) is 7. The van der Waals surface area contributed by atoms with Crippen molar-refractivity contribution in [2.24, 2.45) is 0 Å². The van der Waals surface area contributed by atoms with Gasteiger partial charge in [0.15, 0.2) is 11.5 Å². The maximum atomic E-state index is 14.5. The normalized spacial score (nSPS) is 11.3. The lowest BCUT2D eigenvalue weighted by molar-refractivity contribution is -0.384. The molecule has 0 saturated heterocycles. The van der Waals surface area contributed by atoms with Crippen molar-refractivity contribution in [1.29, 1.82) is 0 Å². The van der Waals surface area contributed by atoms with Crippen LogP contribution < -0.4 is 11.3 Å². The van der Waals surface area contributed by atoms with Crippen LogP contribution in [-0.2, 0) is 6.54 Å². The fourth-order valence-electron chi connectivity index (χ4n) is 3.50. The standard InChI is InChI=1S/C20H13FN8O3/c21-13-2-1-3-14-16(13)20(30)28(11-4-6-12(7-5-11)29(31)32)15(26-14)8-27-10-25-17-18(22)23-9-24-19(17)27/h1-7,9-10H,8H2,(H2,22,23,24). The van der Waals surface area contributed by atoms with Gasteiger partial charge >= 0.3 is 0 Å². The molecule has 158 valence electrons. The van der Waals surface area contributed by atoms with Crippen LogP contribution in [0.5, 0.6) is 0 Å². The molecular formula is C20H13FN8O3. The molecule has 3 heterocycles. The summed E-state index contributed by atoms with van der Waals surface area (Å²) in [5.74, 6) is -0.260. The second kappa shape index (κ2) is 7.19. The predicted molar refractivity (Wildman–Crippen MR) is 113 cm³/mol. The molecular weight excluding hydrogens is 419 g/mol. The Labute approximate surface area is 177 Å². The molecule has 11 nitrogen and oxygen atoms in total. The highest BCUT2D eigenvalue weighted by Gasteiger charge is 2.18. The quantitative estimate of drug-likeness (QED) is 0.336. The molecule has 5 rings (SSSR count). The minimum absolute atomic E-state index is 0.0473. The van der Waals surface area contributed by atoms with Crippen LogP contribution in [0.25, 0.3) is 27.8 Å². The van der Waals surface area contributed by atoms with Crippen molar-refractivity contribution in [2.45, 2.75) is 6.54 Å². The monoisotopic (exact) mass is 432 g/mol. The number of fused-ring (bicyclic) bond motifs is 2. The Morgan fingerprint density at radius 2 is 1.88 bits per heavy atom. The second-order valence-corrected chi connectivity index (χ2v) is 6.88. The van der Waals surface area contributed by atoms with Crippen molar-refractivity contribution in [1.82, 2.24) is 29.1 Å². The Morgan fingerprint density at radius 1 is 1.09 bits per heavy atom. The van der Waals surface area contributed by atoms with E-state index in [0.717, 1.165) is 0 Å². The summed E-state index contributed by atoms with van der Waals surface area (Å²) in [4.78, 5) is 40.6. The number of halogens is 1. The van der Waals surface area contributed by atoms with Crippen molar-refractivity contribution in [3.05, 3.63) is 87.2 Å². The summed E-state index contributed by atoms with van der Waals surface area (Å²) < 4.78 is 17.3. The Balaban J connectivity index is 1.75. The average molecular weight is 432 g/mol. The van der Waals surface area contributed by atoms with Crippen LogP contribution in [0.3, 0.4) is 0 Å². The van der Waals surface area contributed by atoms with E-state index in [1.54, 1.807) is 4.57 Å². The van der Waals surface area contributed by atoms with Gasteiger partial charge in [0, 0.05) is 12.1 Å². The zero-order valence-electron chi connectivity index (χ0n) is 16.2. The summed E-state index contributed by atoms with van der Waals surface area (Å²) in [5.41, 5.74) is 6.36. The third-order valence-corrected chi connectivity index (χ3v) is 4.98. The maximum Gasteiger partial charge on any atom is 0.269 e. The average Bonchev–Trinajstić information content (AvgIpc) is 3.18. The highest BCUT2D eigenvalue weighted by molar-refractivity contribution is 5.81. The first-order valence-electron chi connectivity index (χ1n) is 9.30. The van der Waals surface area contributed by atoms with Crippen molar-refractivity contribution in [3.8, 4) is 5.69 Å². The molecule has 2 aromatic carbocycles. The van der Waals surface area contributed by atoms with Crippen LogP contribution in [0.1, 0.15) is 5.82 Å². The lowest BCUT2D eigenvalue weighted by Crippen LogP contribution is -2.26. The smallest absolute Gasteiger partial charge is 0.269 e. The molecule has 0 aliphatic rings. The van der Waals surface area contributed by atoms with Gasteiger partial charge in [0.05, 0.1) is 29.0 Å². The number of imidazole rings is 1. The zero-order valence-corrected chi connectivity index (χ0v) is 16.2. The van der Waals surface area contributed by atoms with E-state index in [0.29, 0.717) is 16.9 Å². The Hall–Kier alpha value is -4.74. The highest BCUT2D eigenvalue weighted by Crippen LogP contribution is 2.20. The van der Waals surface area contributed by atoms with Crippen LogP contribution in [-0.4, -0.2) is 34.0 Å². The van der Waals surface area contributed by atoms with E-state index in [1.165, 1.54) is 59.7 Å². The first-order valence-corrected chi connectivity index (χ1v) is 9.30. The molecule has 0 radical (unpaired) electrons. The first-order chi connectivity index (χ1) is 15.4. The number of nitro groups is 1. The van der Waals surface area contributed by atoms with Gasteiger partial charge in [-0.1, -0.05) is 6.07 Å². The van der Waals surface area contributed by atoms with Crippen LogP contribution in [0, 0.1) is 15.9 Å². The van der Waals surface area contributed by atoms with Gasteiger partial charge in [-0.15, -0.1) is 0 Å². The predicted octanol–water partition coefficient (Wildman–Crippen LogP) is 2.20. The molecule has 0 spiro atoms. The van der Waals surface area contributed by atoms with E-state index in [-0.39, 0.29) is 34.8 Å². The number of rotatable bonds is 4. The SMILES string of the molecule is Nc1ncnc2c1ncn2Cc1nc2cccc(F)c2c(=O)n1-c1ccc([N+](=O)[O-])cc1. The van der Waals surface area contributed by atoms with Crippen LogP contribution >= 0.6 is 0 Å². The van der Waals surface area contributed by atoms with Gasteiger partial charge in [-0.25, -0.2) is 24.3 Å². The van der Waals surface area contributed by atoms with Gasteiger partial charge in [0.2, 0.25) is 0 Å². The molecule has 0 fully saturated rings. The topological polar surface area (TPSA) is 148 Å². The minimum Gasteiger partial charge on any atom is -0.382 e. The van der Waals surface area contributed by atoms with Gasteiger partial charge in [-0.3, -0.25) is 19.5 Å². The largest absolute Gasteiger partial charge is 0.382 e. The summed E-state index contributed by atoms with van der Waals surface area (Å²) in [6, 6.07) is 9.51. The summed E-state index contributed by atoms with van der Waals surface area (Å²) in [5, 5.41) is 10.8. The van der Waals surface area contributed by atoms with Gasteiger partial charge in [0.25, 0.3) is 11.2 Å². The third-order valence-electron chi connectivity index (χ3n) is 4.98. The van der Waals surface area contributed by atoms with Crippen molar-refractivity contribution in [3.63, 3.8) is 0 Å². The van der Waals surface area contributed by atoms with E-state index in [1.807, 2.05) is 0 Å². The lowest BCUT2D eigenvalue weighted by Gasteiger charge is -2.14. The number of anilines is 1. The number of non-ortho nitro benzene ring substituents is 1. The van der Waals surface area contributed by atoms with Crippen LogP contribution in [0.15, 0.2) is 59.9 Å². The first kappa shape index (κ1) is 19.2. The molecule has 0 aliphatic heterocycles. The van der Waals surface area contributed by atoms with E-state index < -0.39 is 16.3 Å². The molecule has 0 amide bonds. The number of hydrogen-bond acceptors (Lipinski definition) is 8. The van der Waals surface area contributed by atoms with E-state index >= 15 is 0 Å². The minimum atomic E-state index is -0.712. The number of nitrogens with two attached hydrogens (primary N) is 1. The number of aromatic nitrogens is 6. The Morgan fingerprint density at radius 3 is 2.62 bits per heavy atom.